The van der Waals surface area contributed by atoms with Crippen molar-refractivity contribution in [3.8, 4) is 0 Å². The van der Waals surface area contributed by atoms with Gasteiger partial charge in [0.1, 0.15) is 0 Å². The SMILES string of the molecule is CO[Si](CCCCCCCCCCCOC(F)c1cc(F)c(F)c(F)c1F)(OC)OC. The van der Waals surface area contributed by atoms with E-state index >= 15 is 0 Å². The van der Waals surface area contributed by atoms with E-state index in [0.717, 1.165) is 57.4 Å². The van der Waals surface area contributed by atoms with Gasteiger partial charge in [0.15, 0.2) is 23.3 Å². The molecule has 0 radical (unpaired) electrons. The Bertz CT molecular complexity index is 638. The predicted octanol–water partition coefficient (Wildman–Crippen LogP) is 6.62. The standard InChI is InChI=1S/C21H33F5O4Si/c1-27-31(28-2,29-3)14-12-10-8-6-4-5-7-9-11-13-30-21(26)16-15-17(22)19(24)20(25)18(16)23/h15,21H,4-14H2,1-3H3. The third kappa shape index (κ3) is 9.13. The highest BCUT2D eigenvalue weighted by atomic mass is 28.4. The van der Waals surface area contributed by atoms with Crippen molar-refractivity contribution in [3.05, 3.63) is 34.9 Å². The molecule has 1 unspecified atom stereocenters. The summed E-state index contributed by atoms with van der Waals surface area (Å²) in [6, 6.07) is 1.08. The van der Waals surface area contributed by atoms with Gasteiger partial charge >= 0.3 is 8.80 Å². The van der Waals surface area contributed by atoms with Crippen LogP contribution in [0, 0.1) is 23.3 Å². The molecule has 4 nitrogen and oxygen atoms in total. The number of benzene rings is 1. The molecule has 0 saturated carbocycles. The third-order valence-corrected chi connectivity index (χ3v) is 8.03. The van der Waals surface area contributed by atoms with Crippen molar-refractivity contribution in [2.75, 3.05) is 27.9 Å². The van der Waals surface area contributed by atoms with Gasteiger partial charge in [0.05, 0.1) is 12.2 Å². The zero-order valence-corrected chi connectivity index (χ0v) is 19.5. The van der Waals surface area contributed by atoms with Crippen LogP contribution < -0.4 is 0 Å². The van der Waals surface area contributed by atoms with E-state index in [1.54, 1.807) is 21.3 Å². The maximum absolute atomic E-state index is 13.9. The Morgan fingerprint density at radius 3 is 1.71 bits per heavy atom. The van der Waals surface area contributed by atoms with Gasteiger partial charge in [0.25, 0.3) is 0 Å². The molecule has 0 spiro atoms. The van der Waals surface area contributed by atoms with Crippen molar-refractivity contribution in [3.63, 3.8) is 0 Å². The Kier molecular flexibility index (Phi) is 13.4. The second-order valence-corrected chi connectivity index (χ2v) is 10.4. The van der Waals surface area contributed by atoms with E-state index in [4.69, 9.17) is 18.0 Å². The van der Waals surface area contributed by atoms with Gasteiger partial charge in [-0.1, -0.05) is 44.9 Å². The lowest BCUT2D eigenvalue weighted by Gasteiger charge is -2.24. The lowest BCUT2D eigenvalue weighted by Crippen LogP contribution is -2.42. The first kappa shape index (κ1) is 28.0. The van der Waals surface area contributed by atoms with E-state index in [0.29, 0.717) is 6.42 Å². The van der Waals surface area contributed by atoms with Crippen molar-refractivity contribution >= 4 is 8.80 Å². The van der Waals surface area contributed by atoms with Gasteiger partial charge in [-0.05, 0) is 18.9 Å². The summed E-state index contributed by atoms with van der Waals surface area (Å²) in [6.07, 6.45) is 6.36. The van der Waals surface area contributed by atoms with Crippen molar-refractivity contribution in [2.45, 2.75) is 70.2 Å². The molecule has 1 aromatic carbocycles. The van der Waals surface area contributed by atoms with E-state index in [-0.39, 0.29) is 12.7 Å². The quantitative estimate of drug-likeness (QED) is 0.0840. The second-order valence-electron chi connectivity index (χ2n) is 7.30. The summed E-state index contributed by atoms with van der Waals surface area (Å²) in [4.78, 5) is 0. The minimum atomic E-state index is -2.47. The molecule has 0 aliphatic heterocycles. The Morgan fingerprint density at radius 2 is 1.19 bits per heavy atom. The van der Waals surface area contributed by atoms with Crippen molar-refractivity contribution < 1.29 is 40.0 Å². The van der Waals surface area contributed by atoms with E-state index in [2.05, 4.69) is 0 Å². The van der Waals surface area contributed by atoms with E-state index in [9.17, 15) is 22.0 Å². The largest absolute Gasteiger partial charge is 0.500 e. The molecule has 0 fully saturated rings. The summed E-state index contributed by atoms with van der Waals surface area (Å²) in [6.45, 7) is -0.0225. The van der Waals surface area contributed by atoms with Gasteiger partial charge in [-0.15, -0.1) is 0 Å². The van der Waals surface area contributed by atoms with Crippen LogP contribution in [0.25, 0.3) is 0 Å². The highest BCUT2D eigenvalue weighted by Crippen LogP contribution is 2.27. The molecular weight excluding hydrogens is 439 g/mol. The zero-order valence-electron chi connectivity index (χ0n) is 18.5. The lowest BCUT2D eigenvalue weighted by atomic mass is 10.1. The number of rotatable bonds is 17. The molecule has 1 atom stereocenters. The van der Waals surface area contributed by atoms with Crippen LogP contribution in [0.1, 0.15) is 69.7 Å². The molecule has 0 N–H and O–H groups in total. The Balaban J connectivity index is 2.07. The highest BCUT2D eigenvalue weighted by Gasteiger charge is 2.36. The zero-order chi connectivity index (χ0) is 23.3. The normalized spacial score (nSPS) is 13.0. The van der Waals surface area contributed by atoms with Crippen LogP contribution in [0.3, 0.4) is 0 Å². The van der Waals surface area contributed by atoms with Crippen LogP contribution >= 0.6 is 0 Å². The summed E-state index contributed by atoms with van der Waals surface area (Å²) in [5, 5.41) is 0. The van der Waals surface area contributed by atoms with Gasteiger partial charge in [0, 0.05) is 27.4 Å². The van der Waals surface area contributed by atoms with Crippen molar-refractivity contribution in [2.24, 2.45) is 0 Å². The molecule has 0 saturated heterocycles. The van der Waals surface area contributed by atoms with Crippen LogP contribution in [-0.4, -0.2) is 36.7 Å². The number of alkyl halides is 1. The number of hydrogen-bond donors (Lipinski definition) is 0. The summed E-state index contributed by atoms with van der Waals surface area (Å²) >= 11 is 0. The molecule has 0 heterocycles. The Labute approximate surface area is 182 Å². The molecule has 0 amide bonds. The van der Waals surface area contributed by atoms with Gasteiger partial charge in [-0.3, -0.25) is 0 Å². The summed E-state index contributed by atoms with van der Waals surface area (Å²) < 4.78 is 87.5. The maximum atomic E-state index is 13.9. The molecule has 31 heavy (non-hydrogen) atoms. The van der Waals surface area contributed by atoms with E-state index < -0.39 is 44.0 Å². The first-order valence-corrected chi connectivity index (χ1v) is 12.5. The fourth-order valence-corrected chi connectivity index (χ4v) is 5.07. The van der Waals surface area contributed by atoms with Crippen LogP contribution in [-0.2, 0) is 18.0 Å². The maximum Gasteiger partial charge on any atom is 0.500 e. The van der Waals surface area contributed by atoms with Gasteiger partial charge in [-0.2, -0.15) is 0 Å². The predicted molar refractivity (Wildman–Crippen MR) is 109 cm³/mol. The molecule has 0 aliphatic rings. The summed E-state index contributed by atoms with van der Waals surface area (Å²) in [5.74, 6) is -7.44. The molecule has 0 aliphatic carbocycles. The average Bonchev–Trinajstić information content (AvgIpc) is 2.78. The summed E-state index contributed by atoms with van der Waals surface area (Å²) in [5.41, 5.74) is -0.974. The minimum absolute atomic E-state index is 0.0225. The Hall–Kier alpha value is -1.07. The van der Waals surface area contributed by atoms with E-state index in [1.807, 2.05) is 0 Å². The van der Waals surface area contributed by atoms with Crippen LogP contribution in [0.2, 0.25) is 6.04 Å². The fourth-order valence-electron chi connectivity index (χ4n) is 3.27. The number of halogens is 5. The van der Waals surface area contributed by atoms with Gasteiger partial charge < -0.3 is 18.0 Å². The Morgan fingerprint density at radius 1 is 0.710 bits per heavy atom. The van der Waals surface area contributed by atoms with Crippen LogP contribution in [0.4, 0.5) is 22.0 Å². The third-order valence-electron chi connectivity index (χ3n) is 5.20. The average molecular weight is 473 g/mol. The smallest absolute Gasteiger partial charge is 0.377 e. The van der Waals surface area contributed by atoms with E-state index in [1.165, 1.54) is 0 Å². The van der Waals surface area contributed by atoms with Crippen LogP contribution in [0.15, 0.2) is 6.07 Å². The summed E-state index contributed by atoms with van der Waals surface area (Å²) in [7, 11) is 2.36. The molecule has 1 aromatic rings. The number of unbranched alkanes of at least 4 members (excludes halogenated alkanes) is 8. The van der Waals surface area contributed by atoms with Gasteiger partial charge in [-0.25, -0.2) is 22.0 Å². The lowest BCUT2D eigenvalue weighted by molar-refractivity contribution is -0.0452. The van der Waals surface area contributed by atoms with Gasteiger partial charge in [0.2, 0.25) is 6.36 Å². The molecule has 180 valence electrons. The highest BCUT2D eigenvalue weighted by molar-refractivity contribution is 6.60. The molecule has 0 aromatic heterocycles. The fraction of sp³-hybridized carbons (Fsp3) is 0.714. The van der Waals surface area contributed by atoms with Crippen LogP contribution in [0.5, 0.6) is 0 Å². The van der Waals surface area contributed by atoms with Crippen molar-refractivity contribution in [1.82, 2.24) is 0 Å². The number of hydrogen-bond acceptors (Lipinski definition) is 4. The first-order chi connectivity index (χ1) is 14.8. The molecule has 10 heteroatoms. The topological polar surface area (TPSA) is 36.9 Å². The molecular formula is C21H33F5O4Si. The second kappa shape index (κ2) is 14.9. The minimum Gasteiger partial charge on any atom is -0.377 e. The molecule has 0 bridgehead atoms. The monoisotopic (exact) mass is 472 g/mol. The molecule has 1 rings (SSSR count). The van der Waals surface area contributed by atoms with Crippen molar-refractivity contribution in [1.29, 1.82) is 0 Å². The number of ether oxygens (including phenoxy) is 1. The first-order valence-electron chi connectivity index (χ1n) is 10.6.